The van der Waals surface area contributed by atoms with Crippen molar-refractivity contribution < 1.29 is 0 Å². The molecule has 28 heavy (non-hydrogen) atoms. The van der Waals surface area contributed by atoms with Crippen LogP contribution in [0.2, 0.25) is 0 Å². The molecule has 7 heteroatoms. The molecule has 2 aliphatic rings. The number of likely N-dealkylation sites (N-methyl/N-ethyl adjacent to an activating group) is 1. The van der Waals surface area contributed by atoms with Gasteiger partial charge in [0.25, 0.3) is 0 Å². The second-order valence-corrected chi connectivity index (χ2v) is 8.66. The van der Waals surface area contributed by atoms with Crippen molar-refractivity contribution >= 4 is 51.2 Å². The number of nitrogens with one attached hydrogen (secondary N) is 1. The fraction of sp³-hybridized carbons (Fsp3) is 0.429. The summed E-state index contributed by atoms with van der Waals surface area (Å²) >= 11 is 1.84. The topological polar surface area (TPSA) is 44.3 Å². The summed E-state index contributed by atoms with van der Waals surface area (Å²) < 4.78 is 0. The minimum atomic E-state index is 0. The Morgan fingerprint density at radius 3 is 2.50 bits per heavy atom. The summed E-state index contributed by atoms with van der Waals surface area (Å²) in [6.45, 7) is 4.44. The molecule has 2 aromatic heterocycles. The number of halogens is 1. The molecule has 0 spiro atoms. The van der Waals surface area contributed by atoms with Crippen LogP contribution < -0.4 is 10.2 Å². The van der Waals surface area contributed by atoms with Crippen molar-refractivity contribution in [2.45, 2.75) is 25.7 Å². The number of rotatable bonds is 3. The third-order valence-electron chi connectivity index (χ3n) is 5.75. The van der Waals surface area contributed by atoms with Gasteiger partial charge in [-0.05, 0) is 62.6 Å². The van der Waals surface area contributed by atoms with Gasteiger partial charge in [0.2, 0.25) is 0 Å². The van der Waals surface area contributed by atoms with Crippen LogP contribution in [0.5, 0.6) is 0 Å². The number of hydrogen-bond acceptors (Lipinski definition) is 6. The summed E-state index contributed by atoms with van der Waals surface area (Å²) in [7, 11) is 2.19. The normalized spacial score (nSPS) is 17.2. The average molecular weight is 416 g/mol. The Kier molecular flexibility index (Phi) is 5.71. The number of hydrogen-bond donors (Lipinski definition) is 1. The Labute approximate surface area is 176 Å². The van der Waals surface area contributed by atoms with E-state index in [9.17, 15) is 0 Å². The molecule has 1 N–H and O–H groups in total. The minimum Gasteiger partial charge on any atom is -0.369 e. The van der Waals surface area contributed by atoms with Crippen LogP contribution in [0.15, 0.2) is 30.6 Å². The van der Waals surface area contributed by atoms with Crippen LogP contribution in [-0.2, 0) is 12.8 Å². The van der Waals surface area contributed by atoms with Gasteiger partial charge >= 0.3 is 0 Å². The van der Waals surface area contributed by atoms with Crippen LogP contribution in [0.25, 0.3) is 10.2 Å². The van der Waals surface area contributed by atoms with E-state index in [-0.39, 0.29) is 12.4 Å². The Morgan fingerprint density at radius 1 is 0.964 bits per heavy atom. The van der Waals surface area contributed by atoms with Crippen molar-refractivity contribution in [1.82, 2.24) is 14.9 Å². The molecule has 1 aromatic carbocycles. The fourth-order valence-electron chi connectivity index (χ4n) is 4.14. The van der Waals surface area contributed by atoms with Crippen molar-refractivity contribution in [1.29, 1.82) is 0 Å². The number of aromatic nitrogens is 2. The second kappa shape index (κ2) is 8.23. The predicted octanol–water partition coefficient (Wildman–Crippen LogP) is 4.49. The Morgan fingerprint density at radius 2 is 1.71 bits per heavy atom. The van der Waals surface area contributed by atoms with Gasteiger partial charge in [-0.1, -0.05) is 0 Å². The predicted molar refractivity (Wildman–Crippen MR) is 121 cm³/mol. The van der Waals surface area contributed by atoms with Crippen LogP contribution in [0.3, 0.4) is 0 Å². The first-order chi connectivity index (χ1) is 13.3. The van der Waals surface area contributed by atoms with E-state index in [1.54, 1.807) is 6.33 Å². The van der Waals surface area contributed by atoms with Crippen LogP contribution in [-0.4, -0.2) is 48.1 Å². The zero-order valence-electron chi connectivity index (χ0n) is 16.1. The van der Waals surface area contributed by atoms with Gasteiger partial charge in [-0.3, -0.25) is 0 Å². The molecule has 148 valence electrons. The first-order valence-electron chi connectivity index (χ1n) is 9.84. The van der Waals surface area contributed by atoms with Crippen molar-refractivity contribution in [3.8, 4) is 0 Å². The minimum absolute atomic E-state index is 0. The van der Waals surface area contributed by atoms with Crippen molar-refractivity contribution in [3.05, 3.63) is 41.0 Å². The monoisotopic (exact) mass is 415 g/mol. The average Bonchev–Trinajstić information content (AvgIpc) is 3.09. The SMILES string of the molecule is CN1CCN(c2ccc(Nc3ncnc4sc5c(c34)CCCC5)cc2)CC1.Cl. The van der Waals surface area contributed by atoms with Gasteiger partial charge in [0, 0.05) is 42.4 Å². The highest BCUT2D eigenvalue weighted by Crippen LogP contribution is 2.38. The zero-order valence-corrected chi connectivity index (χ0v) is 17.8. The molecule has 1 aliphatic carbocycles. The van der Waals surface area contributed by atoms with E-state index in [1.807, 2.05) is 11.3 Å². The van der Waals surface area contributed by atoms with Gasteiger partial charge in [0.1, 0.15) is 17.0 Å². The molecule has 1 saturated heterocycles. The molecule has 5 nitrogen and oxygen atoms in total. The Hall–Kier alpha value is -1.89. The van der Waals surface area contributed by atoms with Gasteiger partial charge < -0.3 is 15.1 Å². The van der Waals surface area contributed by atoms with E-state index in [0.717, 1.165) is 48.9 Å². The molecule has 1 fully saturated rings. The smallest absolute Gasteiger partial charge is 0.142 e. The van der Waals surface area contributed by atoms with E-state index in [4.69, 9.17) is 0 Å². The maximum Gasteiger partial charge on any atom is 0.142 e. The number of piperazine rings is 1. The molecular weight excluding hydrogens is 390 g/mol. The Balaban J connectivity index is 0.00000192. The first-order valence-corrected chi connectivity index (χ1v) is 10.7. The third-order valence-corrected chi connectivity index (χ3v) is 6.95. The molecule has 0 amide bonds. The van der Waals surface area contributed by atoms with Gasteiger partial charge in [-0.25, -0.2) is 9.97 Å². The van der Waals surface area contributed by atoms with E-state index in [2.05, 4.69) is 56.4 Å². The standard InChI is InChI=1S/C21H25N5S.ClH/c1-25-10-12-26(13-11-25)16-8-6-15(7-9-16)24-20-19-17-4-2-3-5-18(17)27-21(19)23-14-22-20;/h6-9,14H,2-5,10-13H2,1H3,(H,22,23,24);1H. The van der Waals surface area contributed by atoms with Crippen LogP contribution in [0, 0.1) is 0 Å². The van der Waals surface area contributed by atoms with Crippen LogP contribution in [0.4, 0.5) is 17.2 Å². The third kappa shape index (κ3) is 3.69. The molecule has 0 bridgehead atoms. The number of aryl methyl sites for hydroxylation is 2. The molecule has 3 aromatic rings. The lowest BCUT2D eigenvalue weighted by Gasteiger charge is -2.34. The molecule has 0 atom stereocenters. The fourth-order valence-corrected chi connectivity index (χ4v) is 5.37. The Bertz CT molecular complexity index is 947. The van der Waals surface area contributed by atoms with Crippen LogP contribution >= 0.6 is 23.7 Å². The summed E-state index contributed by atoms with van der Waals surface area (Å²) in [6.07, 6.45) is 6.59. The molecule has 1 aliphatic heterocycles. The van der Waals surface area contributed by atoms with Crippen molar-refractivity contribution in [2.75, 3.05) is 43.4 Å². The quantitative estimate of drug-likeness (QED) is 0.682. The molecule has 0 unspecified atom stereocenters. The zero-order chi connectivity index (χ0) is 18.2. The number of thiophene rings is 1. The summed E-state index contributed by atoms with van der Waals surface area (Å²) in [5, 5.41) is 4.79. The van der Waals surface area contributed by atoms with Gasteiger partial charge in [-0.2, -0.15) is 0 Å². The number of nitrogens with zero attached hydrogens (tertiary/aromatic N) is 4. The van der Waals surface area contributed by atoms with E-state index in [1.165, 1.54) is 40.8 Å². The van der Waals surface area contributed by atoms with Gasteiger partial charge in [0.05, 0.1) is 5.39 Å². The highest BCUT2D eigenvalue weighted by atomic mass is 35.5. The second-order valence-electron chi connectivity index (χ2n) is 7.58. The molecule has 0 radical (unpaired) electrons. The maximum atomic E-state index is 4.57. The summed E-state index contributed by atoms with van der Waals surface area (Å²) in [4.78, 5) is 16.6. The first kappa shape index (κ1) is 19.4. The molecule has 0 saturated carbocycles. The lowest BCUT2D eigenvalue weighted by Crippen LogP contribution is -2.44. The lowest BCUT2D eigenvalue weighted by atomic mass is 9.97. The summed E-state index contributed by atoms with van der Waals surface area (Å²) in [5.41, 5.74) is 3.86. The molecular formula is C21H26ClN5S. The van der Waals surface area contributed by atoms with Crippen molar-refractivity contribution in [3.63, 3.8) is 0 Å². The van der Waals surface area contributed by atoms with E-state index in [0.29, 0.717) is 0 Å². The van der Waals surface area contributed by atoms with E-state index >= 15 is 0 Å². The maximum absolute atomic E-state index is 4.57. The number of benzene rings is 1. The molecule has 3 heterocycles. The van der Waals surface area contributed by atoms with Crippen molar-refractivity contribution in [2.24, 2.45) is 0 Å². The number of fused-ring (bicyclic) bond motifs is 3. The van der Waals surface area contributed by atoms with E-state index < -0.39 is 0 Å². The van der Waals surface area contributed by atoms with Gasteiger partial charge in [-0.15, -0.1) is 23.7 Å². The van der Waals surface area contributed by atoms with Crippen LogP contribution in [0.1, 0.15) is 23.3 Å². The van der Waals surface area contributed by atoms with Gasteiger partial charge in [0.15, 0.2) is 0 Å². The number of anilines is 3. The lowest BCUT2D eigenvalue weighted by molar-refractivity contribution is 0.313. The highest BCUT2D eigenvalue weighted by molar-refractivity contribution is 7.19. The summed E-state index contributed by atoms with van der Waals surface area (Å²) in [5.74, 6) is 0.951. The summed E-state index contributed by atoms with van der Waals surface area (Å²) in [6, 6.07) is 8.77. The highest BCUT2D eigenvalue weighted by Gasteiger charge is 2.20. The largest absolute Gasteiger partial charge is 0.369 e. The molecule has 5 rings (SSSR count).